The molecule has 0 bridgehead atoms. The molecular formula is C20H18FNO3. The van der Waals surface area contributed by atoms with E-state index in [1.54, 1.807) is 18.3 Å². The zero-order chi connectivity index (χ0) is 17.8. The smallest absolute Gasteiger partial charge is 0.310 e. The van der Waals surface area contributed by atoms with Crippen LogP contribution in [0.1, 0.15) is 28.4 Å². The third kappa shape index (κ3) is 3.60. The zero-order valence-electron chi connectivity index (χ0n) is 13.8. The second kappa shape index (κ2) is 7.30. The van der Waals surface area contributed by atoms with E-state index in [-0.39, 0.29) is 24.4 Å². The maximum Gasteiger partial charge on any atom is 0.310 e. The van der Waals surface area contributed by atoms with Gasteiger partial charge in [-0.1, -0.05) is 43.3 Å². The van der Waals surface area contributed by atoms with E-state index in [0.29, 0.717) is 5.56 Å². The van der Waals surface area contributed by atoms with Crippen molar-refractivity contribution in [3.63, 3.8) is 0 Å². The number of Topliss-reactive ketones (excluding diaryl/α,β-unsaturated/α-hetero) is 1. The number of benzene rings is 2. The third-order valence-corrected chi connectivity index (χ3v) is 4.14. The first-order valence-corrected chi connectivity index (χ1v) is 8.11. The molecule has 0 aliphatic heterocycles. The first-order valence-electron chi connectivity index (χ1n) is 8.11. The number of ketones is 1. The number of nitrogens with one attached hydrogen (secondary N) is 1. The van der Waals surface area contributed by atoms with Crippen LogP contribution in [0.3, 0.4) is 0 Å². The van der Waals surface area contributed by atoms with Crippen molar-refractivity contribution in [3.05, 3.63) is 71.2 Å². The Bertz CT molecular complexity index is 930. The summed E-state index contributed by atoms with van der Waals surface area (Å²) in [5.74, 6) is -1.39. The van der Waals surface area contributed by atoms with Gasteiger partial charge in [-0.15, -0.1) is 0 Å². The Morgan fingerprint density at radius 1 is 1.08 bits per heavy atom. The predicted molar refractivity (Wildman–Crippen MR) is 93.1 cm³/mol. The van der Waals surface area contributed by atoms with Gasteiger partial charge in [-0.25, -0.2) is 4.39 Å². The number of esters is 1. The van der Waals surface area contributed by atoms with Gasteiger partial charge in [-0.2, -0.15) is 0 Å². The Morgan fingerprint density at radius 2 is 1.84 bits per heavy atom. The van der Waals surface area contributed by atoms with Crippen LogP contribution >= 0.6 is 0 Å². The highest BCUT2D eigenvalue weighted by molar-refractivity contribution is 6.09. The fourth-order valence-electron chi connectivity index (χ4n) is 2.81. The molecular weight excluding hydrogens is 321 g/mol. The minimum atomic E-state index is -0.632. The molecule has 1 aromatic heterocycles. The van der Waals surface area contributed by atoms with Gasteiger partial charge in [0.25, 0.3) is 0 Å². The van der Waals surface area contributed by atoms with Crippen LogP contribution in [0.5, 0.6) is 0 Å². The van der Waals surface area contributed by atoms with E-state index in [1.807, 2.05) is 25.1 Å². The van der Waals surface area contributed by atoms with Crippen LogP contribution in [0.4, 0.5) is 4.39 Å². The fourth-order valence-corrected chi connectivity index (χ4v) is 2.81. The van der Waals surface area contributed by atoms with Crippen molar-refractivity contribution in [3.8, 4) is 0 Å². The molecule has 3 aromatic rings. The van der Waals surface area contributed by atoms with E-state index in [0.717, 1.165) is 22.9 Å². The molecule has 3 rings (SSSR count). The lowest BCUT2D eigenvalue weighted by Gasteiger charge is -2.05. The number of para-hydroxylation sites is 1. The Hall–Kier alpha value is -2.95. The number of carbonyl (C=O) groups excluding carboxylic acids is 2. The maximum atomic E-state index is 13.5. The van der Waals surface area contributed by atoms with E-state index in [4.69, 9.17) is 4.74 Å². The fraction of sp³-hybridized carbons (Fsp3) is 0.200. The minimum Gasteiger partial charge on any atom is -0.457 e. The van der Waals surface area contributed by atoms with Gasteiger partial charge in [0.2, 0.25) is 5.78 Å². The number of hydrogen-bond donors (Lipinski definition) is 1. The average Bonchev–Trinajstić information content (AvgIpc) is 3.06. The number of ether oxygens (including phenoxy) is 1. The SMILES string of the molecule is CCc1cccc2c(C(=O)COC(=O)Cc3ccccc3F)c[nH]c12. The van der Waals surface area contributed by atoms with Gasteiger partial charge in [-0.05, 0) is 23.6 Å². The minimum absolute atomic E-state index is 0.201. The van der Waals surface area contributed by atoms with Crippen LogP contribution in [-0.2, 0) is 22.4 Å². The Kier molecular flexibility index (Phi) is 4.93. The number of halogens is 1. The van der Waals surface area contributed by atoms with E-state index < -0.39 is 11.8 Å². The highest BCUT2D eigenvalue weighted by atomic mass is 19.1. The van der Waals surface area contributed by atoms with Crippen LogP contribution in [-0.4, -0.2) is 23.3 Å². The molecule has 128 valence electrons. The lowest BCUT2D eigenvalue weighted by Crippen LogP contribution is -2.16. The molecule has 0 aliphatic carbocycles. The molecule has 0 saturated heterocycles. The number of fused-ring (bicyclic) bond motifs is 1. The first-order chi connectivity index (χ1) is 12.1. The van der Waals surface area contributed by atoms with E-state index in [9.17, 15) is 14.0 Å². The van der Waals surface area contributed by atoms with Crippen molar-refractivity contribution in [1.82, 2.24) is 4.98 Å². The third-order valence-electron chi connectivity index (χ3n) is 4.14. The number of hydrogen-bond acceptors (Lipinski definition) is 3. The summed E-state index contributed by atoms with van der Waals surface area (Å²) >= 11 is 0. The summed E-state index contributed by atoms with van der Waals surface area (Å²) in [7, 11) is 0. The number of aromatic nitrogens is 1. The number of aryl methyl sites for hydroxylation is 1. The Morgan fingerprint density at radius 3 is 2.60 bits per heavy atom. The van der Waals surface area contributed by atoms with E-state index in [1.165, 1.54) is 12.1 Å². The molecule has 0 aliphatic rings. The van der Waals surface area contributed by atoms with Gasteiger partial charge < -0.3 is 9.72 Å². The summed E-state index contributed by atoms with van der Waals surface area (Å²) in [4.78, 5) is 27.3. The van der Waals surface area contributed by atoms with Gasteiger partial charge in [-0.3, -0.25) is 9.59 Å². The standard InChI is InChI=1S/C20H18FNO3/c1-2-13-7-5-8-15-16(11-22-20(13)15)18(23)12-25-19(24)10-14-6-3-4-9-17(14)21/h3-9,11,22H,2,10,12H2,1H3. The highest BCUT2D eigenvalue weighted by Crippen LogP contribution is 2.22. The predicted octanol–water partition coefficient (Wildman–Crippen LogP) is 3.84. The molecule has 1 N–H and O–H groups in total. The van der Waals surface area contributed by atoms with E-state index in [2.05, 4.69) is 4.98 Å². The van der Waals surface area contributed by atoms with Crippen LogP contribution in [0, 0.1) is 5.82 Å². The molecule has 0 spiro atoms. The largest absolute Gasteiger partial charge is 0.457 e. The summed E-state index contributed by atoms with van der Waals surface area (Å²) in [6.45, 7) is 1.68. The van der Waals surface area contributed by atoms with Gasteiger partial charge in [0, 0.05) is 22.7 Å². The Balaban J connectivity index is 1.67. The van der Waals surface area contributed by atoms with Crippen LogP contribution < -0.4 is 0 Å². The number of aromatic amines is 1. The summed E-state index contributed by atoms with van der Waals surface area (Å²) in [5, 5.41) is 0.814. The molecule has 0 unspecified atom stereocenters. The van der Waals surface area contributed by atoms with Crippen molar-refractivity contribution in [2.45, 2.75) is 19.8 Å². The van der Waals surface area contributed by atoms with Crippen molar-refractivity contribution >= 4 is 22.7 Å². The van der Waals surface area contributed by atoms with Crippen LogP contribution in [0.2, 0.25) is 0 Å². The van der Waals surface area contributed by atoms with E-state index >= 15 is 0 Å². The number of rotatable bonds is 6. The lowest BCUT2D eigenvalue weighted by molar-refractivity contribution is -0.141. The highest BCUT2D eigenvalue weighted by Gasteiger charge is 2.16. The monoisotopic (exact) mass is 339 g/mol. The van der Waals surface area contributed by atoms with Gasteiger partial charge in [0.15, 0.2) is 6.61 Å². The summed E-state index contributed by atoms with van der Waals surface area (Å²) in [6, 6.07) is 11.8. The van der Waals surface area contributed by atoms with Gasteiger partial charge in [0.05, 0.1) is 6.42 Å². The topological polar surface area (TPSA) is 59.2 Å². The molecule has 25 heavy (non-hydrogen) atoms. The molecule has 4 nitrogen and oxygen atoms in total. The summed E-state index contributed by atoms with van der Waals surface area (Å²) in [6.07, 6.45) is 2.29. The normalized spacial score (nSPS) is 10.8. The Labute approximate surface area is 144 Å². The molecule has 1 heterocycles. The maximum absolute atomic E-state index is 13.5. The molecule has 2 aromatic carbocycles. The quantitative estimate of drug-likeness (QED) is 0.548. The van der Waals surface area contributed by atoms with Crippen molar-refractivity contribution < 1.29 is 18.7 Å². The molecule has 0 radical (unpaired) electrons. The molecule has 5 heteroatoms. The van der Waals surface area contributed by atoms with Crippen molar-refractivity contribution in [1.29, 1.82) is 0 Å². The lowest BCUT2D eigenvalue weighted by atomic mass is 10.1. The zero-order valence-corrected chi connectivity index (χ0v) is 13.8. The molecule has 0 fully saturated rings. The van der Waals surface area contributed by atoms with Gasteiger partial charge >= 0.3 is 5.97 Å². The second-order valence-electron chi connectivity index (χ2n) is 5.75. The number of carbonyl (C=O) groups is 2. The van der Waals surface area contributed by atoms with Crippen molar-refractivity contribution in [2.75, 3.05) is 6.61 Å². The molecule has 0 amide bonds. The molecule has 0 saturated carbocycles. The van der Waals surface area contributed by atoms with Crippen LogP contribution in [0.25, 0.3) is 10.9 Å². The number of H-pyrrole nitrogens is 1. The second-order valence-corrected chi connectivity index (χ2v) is 5.75. The van der Waals surface area contributed by atoms with Crippen molar-refractivity contribution in [2.24, 2.45) is 0 Å². The first kappa shape index (κ1) is 16.9. The summed E-state index contributed by atoms with van der Waals surface area (Å²) in [5.41, 5.74) is 2.78. The average molecular weight is 339 g/mol. The van der Waals surface area contributed by atoms with Gasteiger partial charge in [0.1, 0.15) is 5.82 Å². The molecule has 0 atom stereocenters. The van der Waals surface area contributed by atoms with Crippen LogP contribution in [0.15, 0.2) is 48.7 Å². The summed E-state index contributed by atoms with van der Waals surface area (Å²) < 4.78 is 18.6.